The van der Waals surface area contributed by atoms with Crippen LogP contribution < -0.4 is 0 Å². The second kappa shape index (κ2) is 4.64. The van der Waals surface area contributed by atoms with E-state index in [0.29, 0.717) is 5.41 Å². The Hall–Kier alpha value is 0.480. The molecule has 1 aliphatic carbocycles. The fourth-order valence-corrected chi connectivity index (χ4v) is 3.12. The van der Waals surface area contributed by atoms with E-state index in [4.69, 9.17) is 0 Å². The summed E-state index contributed by atoms with van der Waals surface area (Å²) >= 11 is 3.61. The van der Waals surface area contributed by atoms with Gasteiger partial charge in [0.05, 0.1) is 0 Å². The van der Waals surface area contributed by atoms with E-state index in [9.17, 15) is 0 Å². The highest BCUT2D eigenvalue weighted by Crippen LogP contribution is 2.43. The van der Waals surface area contributed by atoms with E-state index < -0.39 is 0 Å². The lowest BCUT2D eigenvalue weighted by molar-refractivity contribution is 0.255. The van der Waals surface area contributed by atoms with Crippen LogP contribution in [0.4, 0.5) is 0 Å². The molecule has 0 radical (unpaired) electrons. The highest BCUT2D eigenvalue weighted by atomic mass is 79.9. The van der Waals surface area contributed by atoms with Gasteiger partial charge in [-0.05, 0) is 30.6 Å². The van der Waals surface area contributed by atoms with Crippen molar-refractivity contribution in [3.05, 3.63) is 0 Å². The van der Waals surface area contributed by atoms with Gasteiger partial charge in [0.15, 0.2) is 0 Å². The molecule has 0 nitrogen and oxygen atoms in total. The molecule has 1 fully saturated rings. The third kappa shape index (κ3) is 2.76. The summed E-state index contributed by atoms with van der Waals surface area (Å²) in [4.78, 5) is 0. The molecule has 0 saturated heterocycles. The average Bonchev–Trinajstić information content (AvgIpc) is 2.48. The van der Waals surface area contributed by atoms with Crippen LogP contribution in [0.1, 0.15) is 52.4 Å². The van der Waals surface area contributed by atoms with Crippen molar-refractivity contribution in [3.63, 3.8) is 0 Å². The minimum Gasteiger partial charge on any atom is -0.0925 e. The molecule has 0 bridgehead atoms. The fourth-order valence-electron chi connectivity index (χ4n) is 2.44. The quantitative estimate of drug-likeness (QED) is 0.632. The van der Waals surface area contributed by atoms with Gasteiger partial charge in [0.2, 0.25) is 0 Å². The van der Waals surface area contributed by atoms with Crippen LogP contribution in [0.3, 0.4) is 0 Å². The third-order valence-corrected chi connectivity index (χ3v) is 4.30. The molecule has 1 atom stereocenters. The molecule has 0 aromatic carbocycles. The number of halogens is 1. The van der Waals surface area contributed by atoms with E-state index in [1.165, 1.54) is 43.9 Å². The topological polar surface area (TPSA) is 0 Å². The van der Waals surface area contributed by atoms with Gasteiger partial charge in [-0.1, -0.05) is 49.0 Å². The normalized spacial score (nSPS) is 24.2. The number of rotatable bonds is 4. The van der Waals surface area contributed by atoms with Crippen molar-refractivity contribution < 1.29 is 0 Å². The first-order valence-electron chi connectivity index (χ1n) is 5.26. The summed E-state index contributed by atoms with van der Waals surface area (Å²) in [6.45, 7) is 4.79. The predicted molar refractivity (Wildman–Crippen MR) is 58.8 cm³/mol. The second-order valence-electron chi connectivity index (χ2n) is 4.65. The Balaban J connectivity index is 2.36. The number of hydrogen-bond acceptors (Lipinski definition) is 0. The molecule has 1 aliphatic rings. The van der Waals surface area contributed by atoms with Crippen LogP contribution in [0.15, 0.2) is 0 Å². The molecule has 1 saturated carbocycles. The summed E-state index contributed by atoms with van der Waals surface area (Å²) in [7, 11) is 0. The van der Waals surface area contributed by atoms with Gasteiger partial charge < -0.3 is 0 Å². The molecular weight excluding hydrogens is 212 g/mol. The maximum Gasteiger partial charge on any atom is 0.00597 e. The van der Waals surface area contributed by atoms with Crippen molar-refractivity contribution in [2.24, 2.45) is 11.3 Å². The summed E-state index contributed by atoms with van der Waals surface area (Å²) in [5.74, 6) is 0.910. The van der Waals surface area contributed by atoms with Gasteiger partial charge in [0, 0.05) is 5.33 Å². The fraction of sp³-hybridized carbons (Fsp3) is 1.00. The van der Waals surface area contributed by atoms with E-state index in [1.807, 2.05) is 0 Å². The zero-order chi connectivity index (χ0) is 9.03. The van der Waals surface area contributed by atoms with Crippen molar-refractivity contribution in [1.82, 2.24) is 0 Å². The van der Waals surface area contributed by atoms with Gasteiger partial charge in [-0.2, -0.15) is 0 Å². The predicted octanol–water partition coefficient (Wildman–Crippen LogP) is 4.38. The lowest BCUT2D eigenvalue weighted by Gasteiger charge is -2.27. The third-order valence-electron chi connectivity index (χ3n) is 3.39. The van der Waals surface area contributed by atoms with Crippen LogP contribution in [0.25, 0.3) is 0 Å². The molecule has 1 unspecified atom stereocenters. The Morgan fingerprint density at radius 2 is 1.92 bits per heavy atom. The van der Waals surface area contributed by atoms with Crippen LogP contribution >= 0.6 is 15.9 Å². The van der Waals surface area contributed by atoms with Crippen molar-refractivity contribution in [1.29, 1.82) is 0 Å². The Kier molecular flexibility index (Phi) is 4.09. The number of alkyl halides is 1. The van der Waals surface area contributed by atoms with Crippen LogP contribution in [0, 0.1) is 11.3 Å². The van der Waals surface area contributed by atoms with Crippen molar-refractivity contribution in [2.75, 3.05) is 5.33 Å². The zero-order valence-electron chi connectivity index (χ0n) is 8.41. The second-order valence-corrected chi connectivity index (χ2v) is 5.30. The van der Waals surface area contributed by atoms with Crippen molar-refractivity contribution in [2.45, 2.75) is 52.4 Å². The van der Waals surface area contributed by atoms with Crippen LogP contribution in [0.5, 0.6) is 0 Å². The maximum atomic E-state index is 3.61. The first kappa shape index (κ1) is 10.6. The van der Waals surface area contributed by atoms with Crippen LogP contribution in [-0.2, 0) is 0 Å². The van der Waals surface area contributed by atoms with Crippen molar-refractivity contribution >= 4 is 15.9 Å². The molecule has 0 aliphatic heterocycles. The highest BCUT2D eigenvalue weighted by molar-refractivity contribution is 9.09. The summed E-state index contributed by atoms with van der Waals surface area (Å²) in [6.07, 6.45) is 8.65. The minimum atomic E-state index is 0.689. The maximum absolute atomic E-state index is 3.61. The lowest BCUT2D eigenvalue weighted by atomic mass is 9.79. The standard InChI is InChI=1S/C11H21Br/c1-3-10(9-12)8-11(2)6-4-5-7-11/h10H,3-9H2,1-2H3. The Labute approximate surface area is 85.3 Å². The van der Waals surface area contributed by atoms with Gasteiger partial charge in [0.25, 0.3) is 0 Å². The minimum absolute atomic E-state index is 0.689. The van der Waals surface area contributed by atoms with Gasteiger partial charge in [-0.3, -0.25) is 0 Å². The Bertz CT molecular complexity index is 121. The van der Waals surface area contributed by atoms with E-state index >= 15 is 0 Å². The summed E-state index contributed by atoms with van der Waals surface area (Å²) in [5.41, 5.74) is 0.689. The van der Waals surface area contributed by atoms with Gasteiger partial charge in [-0.15, -0.1) is 0 Å². The summed E-state index contributed by atoms with van der Waals surface area (Å²) in [5, 5.41) is 1.19. The molecule has 1 heteroatoms. The first-order chi connectivity index (χ1) is 5.70. The zero-order valence-corrected chi connectivity index (χ0v) is 9.99. The molecule has 0 N–H and O–H groups in total. The summed E-state index contributed by atoms with van der Waals surface area (Å²) in [6, 6.07) is 0. The largest absolute Gasteiger partial charge is 0.0925 e. The molecule has 0 aromatic rings. The monoisotopic (exact) mass is 232 g/mol. The van der Waals surface area contributed by atoms with Crippen molar-refractivity contribution in [3.8, 4) is 0 Å². The van der Waals surface area contributed by atoms with Gasteiger partial charge >= 0.3 is 0 Å². The Morgan fingerprint density at radius 3 is 2.33 bits per heavy atom. The van der Waals surface area contributed by atoms with E-state index in [0.717, 1.165) is 5.92 Å². The smallest absolute Gasteiger partial charge is 0.00597 e. The van der Waals surface area contributed by atoms with E-state index in [-0.39, 0.29) is 0 Å². The highest BCUT2D eigenvalue weighted by Gasteiger charge is 2.30. The lowest BCUT2D eigenvalue weighted by Crippen LogP contribution is -2.17. The molecule has 1 rings (SSSR count). The SMILES string of the molecule is CCC(CBr)CC1(C)CCCC1. The van der Waals surface area contributed by atoms with Crippen LogP contribution in [-0.4, -0.2) is 5.33 Å². The van der Waals surface area contributed by atoms with Crippen LogP contribution in [0.2, 0.25) is 0 Å². The molecule has 0 spiro atoms. The average molecular weight is 233 g/mol. The molecule has 72 valence electrons. The Morgan fingerprint density at radius 1 is 1.33 bits per heavy atom. The molecule has 0 amide bonds. The summed E-state index contributed by atoms with van der Waals surface area (Å²) < 4.78 is 0. The van der Waals surface area contributed by atoms with E-state index in [1.54, 1.807) is 0 Å². The molecule has 12 heavy (non-hydrogen) atoms. The molecule has 0 heterocycles. The molecule has 0 aromatic heterocycles. The van der Waals surface area contributed by atoms with Gasteiger partial charge in [-0.25, -0.2) is 0 Å². The number of hydrogen-bond donors (Lipinski definition) is 0. The van der Waals surface area contributed by atoms with E-state index in [2.05, 4.69) is 29.8 Å². The van der Waals surface area contributed by atoms with Gasteiger partial charge in [0.1, 0.15) is 0 Å². The first-order valence-corrected chi connectivity index (χ1v) is 6.38. The molecular formula is C11H21Br.